The Morgan fingerprint density at radius 2 is 1.01 bits per heavy atom. The highest BCUT2D eigenvalue weighted by Gasteiger charge is 2.46. The highest BCUT2D eigenvalue weighted by molar-refractivity contribution is 7.85. The molecule has 2 aromatic rings. The predicted octanol–water partition coefficient (Wildman–Crippen LogP) is 5.94. The standard InChI is InChI=1S/C69H114N10O15S/c1-24-46-33-57(82)61(62(84)43(14)32-58-71-49-26-25-47(95(92,93)94)34-50(49)72-58)79(23)69(91)60(42(12)13)78(22)68(90)54(30-40(8)9)77(21)67(89)53(29-39(6)7)76(20)64(86)45(16)70-63(85)44(15)31-55(80)52(28-38(4)5)75(19)66(88)48(41(10)11)35-56(81)51(27-37(2)3)74(18)59(83)36-73(17)65(46)87/h25-26,34,37-46,48,51-54,60-62,84H,24,27-33,35-36H2,1-23H3,(H,70,85)(H,71,72)(H,92,93,94)/t43-,44-,45-,46-,48+,51+,52+,53+,54+,60+,61-,62-/m1/s1. The Morgan fingerprint density at radius 3 is 1.49 bits per heavy atom. The molecule has 1 saturated heterocycles. The number of ketones is 3. The van der Waals surface area contributed by atoms with Crippen LogP contribution >= 0.6 is 0 Å². The minimum absolute atomic E-state index is 0.0566. The summed E-state index contributed by atoms with van der Waals surface area (Å²) in [5, 5.41) is 15.3. The smallest absolute Gasteiger partial charge is 0.294 e. The lowest BCUT2D eigenvalue weighted by molar-refractivity contribution is -0.157. The van der Waals surface area contributed by atoms with E-state index in [2.05, 4.69) is 15.3 Å². The molecule has 12 atom stereocenters. The number of H-pyrrole nitrogens is 1. The number of benzene rings is 1. The second-order valence-electron chi connectivity index (χ2n) is 29.3. The summed E-state index contributed by atoms with van der Waals surface area (Å²) in [7, 11) is 5.36. The van der Waals surface area contributed by atoms with Crippen LogP contribution < -0.4 is 5.32 Å². The number of likely N-dealkylation sites (N-methyl/N-ethyl adjacent to an activating group) is 7. The van der Waals surface area contributed by atoms with Crippen molar-refractivity contribution in [3.63, 3.8) is 0 Å². The fourth-order valence-corrected chi connectivity index (χ4v) is 13.3. The molecule has 1 aromatic heterocycles. The summed E-state index contributed by atoms with van der Waals surface area (Å²) < 4.78 is 33.8. The largest absolute Gasteiger partial charge is 0.390 e. The van der Waals surface area contributed by atoms with E-state index in [9.17, 15) is 51.6 Å². The van der Waals surface area contributed by atoms with Gasteiger partial charge in [-0.25, -0.2) is 4.98 Å². The lowest BCUT2D eigenvalue weighted by atomic mass is 9.84. The summed E-state index contributed by atoms with van der Waals surface area (Å²) in [4.78, 5) is 178. The van der Waals surface area contributed by atoms with Crippen molar-refractivity contribution in [1.29, 1.82) is 0 Å². The first-order valence-corrected chi connectivity index (χ1v) is 35.1. The van der Waals surface area contributed by atoms with Crippen LogP contribution in [-0.4, -0.2) is 231 Å². The minimum atomic E-state index is -4.59. The van der Waals surface area contributed by atoms with E-state index < -0.39 is 176 Å². The van der Waals surface area contributed by atoms with Crippen molar-refractivity contribution < 1.29 is 70.8 Å². The van der Waals surface area contributed by atoms with Crippen molar-refractivity contribution in [2.24, 2.45) is 59.2 Å². The Bertz CT molecular complexity index is 3160. The SMILES string of the molecule is CC[C@@H]1CC(=O)[C@H]([C@H](O)[C@H](C)Cc2nc3ccc(S(=O)(=O)O)cc3[nH]2)N(C)C(=O)[C@H](C(C)C)N(C)C(=O)[C@H](CC(C)C)N(C)C(=O)[C@H](CC(C)C)N(C)C(=O)[C@@H](C)NC(=O)[C@H](C)CC(=O)[C@H](CC(C)C)N(C)C(=O)[C@H](C(C)C)CC(=O)[C@H](CC(C)C)N(C)C(=O)CN(C)C1=O. The second-order valence-corrected chi connectivity index (χ2v) is 30.7. The van der Waals surface area contributed by atoms with E-state index in [0.717, 1.165) is 9.80 Å². The maximum Gasteiger partial charge on any atom is 0.294 e. The summed E-state index contributed by atoms with van der Waals surface area (Å²) in [6, 6.07) is -4.93. The van der Waals surface area contributed by atoms with Crippen LogP contribution in [0.25, 0.3) is 11.0 Å². The molecule has 95 heavy (non-hydrogen) atoms. The number of nitrogens with zero attached hydrogens (tertiary/aromatic N) is 8. The molecule has 8 amide bonds. The first-order valence-electron chi connectivity index (χ1n) is 33.7. The summed E-state index contributed by atoms with van der Waals surface area (Å²) in [5.41, 5.74) is 0.569. The van der Waals surface area contributed by atoms with Crippen LogP contribution in [0.4, 0.5) is 0 Å². The summed E-state index contributed by atoms with van der Waals surface area (Å²) in [6.45, 7) is 27.7. The number of Topliss-reactive ketones (excluding diaryl/α,β-unsaturated/α-hetero) is 3. The zero-order chi connectivity index (χ0) is 72.9. The number of carbonyl (C=O) groups is 11. The van der Waals surface area contributed by atoms with Crippen LogP contribution in [0.15, 0.2) is 23.1 Å². The average molecular weight is 1360 g/mol. The number of carbonyl (C=O) groups excluding carboxylic acids is 11. The van der Waals surface area contributed by atoms with E-state index in [0.29, 0.717) is 5.52 Å². The van der Waals surface area contributed by atoms with E-state index in [1.54, 1.807) is 41.5 Å². The Hall–Kier alpha value is -6.67. The highest BCUT2D eigenvalue weighted by Crippen LogP contribution is 2.30. The fourth-order valence-electron chi connectivity index (χ4n) is 12.8. The maximum atomic E-state index is 15.5. The van der Waals surface area contributed by atoms with Gasteiger partial charge in [-0.1, -0.05) is 104 Å². The average Bonchev–Trinajstić information content (AvgIpc) is 1.63. The molecule has 0 radical (unpaired) electrons. The molecular formula is C69H114N10O15S. The van der Waals surface area contributed by atoms with E-state index >= 15 is 19.2 Å². The topological polar surface area (TPSA) is 326 Å². The first-order chi connectivity index (χ1) is 43.8. The van der Waals surface area contributed by atoms with Gasteiger partial charge in [-0.2, -0.15) is 8.42 Å². The van der Waals surface area contributed by atoms with Gasteiger partial charge in [-0.15, -0.1) is 0 Å². The summed E-state index contributed by atoms with van der Waals surface area (Å²) in [6.07, 6.45) is -2.19. The lowest BCUT2D eigenvalue weighted by Gasteiger charge is -2.41. The second kappa shape index (κ2) is 35.5. The summed E-state index contributed by atoms with van der Waals surface area (Å²) in [5.74, 6) is -12.0. The number of fused-ring (bicyclic) bond motifs is 1. The zero-order valence-electron chi connectivity index (χ0n) is 60.9. The molecule has 25 nitrogen and oxygen atoms in total. The molecule has 0 bridgehead atoms. The first kappa shape index (κ1) is 82.6. The molecule has 1 aliphatic rings. The predicted molar refractivity (Wildman–Crippen MR) is 362 cm³/mol. The van der Waals surface area contributed by atoms with E-state index in [1.165, 1.54) is 106 Å². The molecule has 4 N–H and O–H groups in total. The number of aliphatic hydroxyl groups is 1. The van der Waals surface area contributed by atoms with Crippen LogP contribution in [-0.2, 0) is 69.3 Å². The molecule has 0 aliphatic carbocycles. The molecule has 2 heterocycles. The zero-order valence-corrected chi connectivity index (χ0v) is 61.7. The Morgan fingerprint density at radius 1 is 0.547 bits per heavy atom. The van der Waals surface area contributed by atoms with Crippen molar-refractivity contribution >= 4 is 85.8 Å². The Balaban J connectivity index is 2.34. The van der Waals surface area contributed by atoms with Gasteiger partial charge < -0.3 is 49.7 Å². The van der Waals surface area contributed by atoms with Gasteiger partial charge in [-0.3, -0.25) is 57.3 Å². The van der Waals surface area contributed by atoms with Crippen LogP contribution in [0.3, 0.4) is 0 Å². The maximum absolute atomic E-state index is 15.5. The van der Waals surface area contributed by atoms with E-state index in [-0.39, 0.29) is 86.4 Å². The van der Waals surface area contributed by atoms with Crippen molar-refractivity contribution in [2.45, 2.75) is 222 Å². The lowest BCUT2D eigenvalue weighted by Crippen LogP contribution is -2.62. The minimum Gasteiger partial charge on any atom is -0.390 e. The number of nitrogens with one attached hydrogen (secondary N) is 2. The van der Waals surface area contributed by atoms with Crippen LogP contribution in [0, 0.1) is 59.2 Å². The molecule has 26 heteroatoms. The third kappa shape index (κ3) is 21.9. The number of amides is 8. The van der Waals surface area contributed by atoms with Gasteiger partial charge >= 0.3 is 0 Å². The van der Waals surface area contributed by atoms with Crippen molar-refractivity contribution in [1.82, 2.24) is 49.6 Å². The van der Waals surface area contributed by atoms with Gasteiger partial charge in [0.05, 0.1) is 40.7 Å². The quantitative estimate of drug-likeness (QED) is 0.141. The number of imidazole rings is 1. The number of hydrogen-bond donors (Lipinski definition) is 4. The molecule has 1 fully saturated rings. The van der Waals surface area contributed by atoms with E-state index in [4.69, 9.17) is 0 Å². The number of aliphatic hydroxyl groups excluding tert-OH is 1. The van der Waals surface area contributed by atoms with Gasteiger partial charge in [0, 0.05) is 92.8 Å². The Kier molecular flexibility index (Phi) is 30.9. The third-order valence-corrected chi connectivity index (χ3v) is 19.5. The normalized spacial score (nSPS) is 25.7. The number of rotatable bonds is 16. The Labute approximate surface area is 564 Å². The number of aromatic nitrogens is 2. The van der Waals surface area contributed by atoms with Crippen molar-refractivity contribution in [3.8, 4) is 0 Å². The molecule has 3 rings (SSSR count). The fraction of sp³-hybridized carbons (Fsp3) is 0.739. The van der Waals surface area contributed by atoms with Gasteiger partial charge in [-0.05, 0) is 98.7 Å². The molecule has 536 valence electrons. The van der Waals surface area contributed by atoms with Crippen LogP contribution in [0.1, 0.15) is 168 Å². The highest BCUT2D eigenvalue weighted by atomic mass is 32.2. The van der Waals surface area contributed by atoms with Crippen molar-refractivity contribution in [3.05, 3.63) is 24.0 Å². The third-order valence-electron chi connectivity index (χ3n) is 18.6. The van der Waals surface area contributed by atoms with Crippen LogP contribution in [0.5, 0.6) is 0 Å². The van der Waals surface area contributed by atoms with Gasteiger partial charge in [0.1, 0.15) is 36.0 Å². The van der Waals surface area contributed by atoms with Crippen molar-refractivity contribution in [2.75, 3.05) is 55.9 Å². The monoisotopic (exact) mass is 1350 g/mol. The molecule has 1 aromatic carbocycles. The number of aromatic amines is 1. The van der Waals surface area contributed by atoms with Crippen LogP contribution in [0.2, 0.25) is 0 Å². The van der Waals surface area contributed by atoms with Gasteiger partial charge in [0.15, 0.2) is 17.3 Å². The molecule has 0 unspecified atom stereocenters. The molecule has 1 aliphatic heterocycles. The molecular weight excluding hydrogens is 1240 g/mol. The summed E-state index contributed by atoms with van der Waals surface area (Å²) >= 11 is 0. The molecule has 0 spiro atoms. The molecule has 0 saturated carbocycles. The number of hydrogen-bond acceptors (Lipinski definition) is 15. The van der Waals surface area contributed by atoms with Gasteiger partial charge in [0.2, 0.25) is 47.3 Å². The van der Waals surface area contributed by atoms with E-state index in [1.807, 2.05) is 55.4 Å². The van der Waals surface area contributed by atoms with Gasteiger partial charge in [0.25, 0.3) is 10.1 Å².